The summed E-state index contributed by atoms with van der Waals surface area (Å²) in [4.78, 5) is 8.15. The quantitative estimate of drug-likeness (QED) is 0.486. The average Bonchev–Trinajstić information content (AvgIpc) is 2.93. The molecule has 1 aromatic rings. The van der Waals surface area contributed by atoms with Crippen LogP contribution in [0.25, 0.3) is 0 Å². The largest absolute Gasteiger partial charge is 0.569 e. The Morgan fingerprint density at radius 3 is 2.62 bits per heavy atom. The van der Waals surface area contributed by atoms with Gasteiger partial charge in [-0.25, -0.2) is 0 Å². The van der Waals surface area contributed by atoms with Crippen LogP contribution in [-0.4, -0.2) is 41.8 Å². The van der Waals surface area contributed by atoms with E-state index in [2.05, 4.69) is 22.3 Å². The molecule has 0 unspecified atom stereocenters. The van der Waals surface area contributed by atoms with Crippen LogP contribution in [0, 0.1) is 5.21 Å². The zero-order valence-electron chi connectivity index (χ0n) is 13.2. The molecule has 0 amide bonds. The number of hydrogen-bond acceptors (Lipinski definition) is 4. The molecule has 0 aliphatic carbocycles. The minimum atomic E-state index is -0.291. The first-order chi connectivity index (χ1) is 9.88. The predicted octanol–water partition coefficient (Wildman–Crippen LogP) is 2.80. The molecule has 1 heterocycles. The lowest BCUT2D eigenvalue weighted by Gasteiger charge is -2.26. The Balaban J connectivity index is 1.89. The Kier molecular flexibility index (Phi) is 4.55. The summed E-state index contributed by atoms with van der Waals surface area (Å²) in [5, 5.41) is 17.0. The smallest absolute Gasteiger partial charge is 0.233 e. The van der Waals surface area contributed by atoms with Crippen LogP contribution in [0.15, 0.2) is 35.6 Å². The lowest BCUT2D eigenvalue weighted by Crippen LogP contribution is -2.42. The first kappa shape index (κ1) is 15.4. The molecule has 0 bridgehead atoms. The van der Waals surface area contributed by atoms with Gasteiger partial charge in [0.15, 0.2) is 6.10 Å². The maximum absolute atomic E-state index is 11.8. The summed E-state index contributed by atoms with van der Waals surface area (Å²) in [6, 6.07) is 10.2. The monoisotopic (exact) mass is 292 g/mol. The van der Waals surface area contributed by atoms with E-state index in [1.807, 2.05) is 39.0 Å². The third kappa shape index (κ3) is 4.00. The van der Waals surface area contributed by atoms with Crippen LogP contribution in [0.2, 0.25) is 0 Å². The fourth-order valence-corrected chi connectivity index (χ4v) is 2.11. The van der Waals surface area contributed by atoms with Gasteiger partial charge in [-0.1, -0.05) is 18.2 Å². The highest BCUT2D eigenvalue weighted by Crippen LogP contribution is 2.21. The number of hydrogen-bond donors (Lipinski definition) is 0. The van der Waals surface area contributed by atoms with Crippen LogP contribution in [0.4, 0.5) is 5.69 Å². The zero-order valence-corrected chi connectivity index (χ0v) is 13.2. The van der Waals surface area contributed by atoms with Crippen molar-refractivity contribution in [1.29, 1.82) is 0 Å². The maximum Gasteiger partial charge on any atom is 0.233 e. The third-order valence-corrected chi connectivity index (χ3v) is 3.76. The van der Waals surface area contributed by atoms with E-state index in [1.54, 1.807) is 7.05 Å². The molecule has 1 aliphatic rings. The van der Waals surface area contributed by atoms with Gasteiger partial charge >= 0.3 is 0 Å². The lowest BCUT2D eigenvalue weighted by atomic mass is 10.1. The summed E-state index contributed by atoms with van der Waals surface area (Å²) < 4.78 is 0. The van der Waals surface area contributed by atoms with Gasteiger partial charge in [-0.3, -0.25) is 0 Å². The normalized spacial score (nSPS) is 19.7. The molecule has 1 aromatic carbocycles. The van der Waals surface area contributed by atoms with Gasteiger partial charge in [0.1, 0.15) is 0 Å². The van der Waals surface area contributed by atoms with E-state index < -0.39 is 0 Å². The molecule has 2 rings (SSSR count). The second kappa shape index (κ2) is 6.20. The van der Waals surface area contributed by atoms with Crippen LogP contribution in [0.5, 0.6) is 0 Å². The van der Waals surface area contributed by atoms with Gasteiger partial charge in [-0.2, -0.15) is 0 Å². The van der Waals surface area contributed by atoms with Crippen molar-refractivity contribution in [3.05, 3.63) is 35.5 Å². The molecule has 0 aromatic heterocycles. The second-order valence-corrected chi connectivity index (χ2v) is 6.33. The number of nitrogens with zero attached hydrogens (tertiary/aromatic N) is 4. The van der Waals surface area contributed by atoms with E-state index in [4.69, 9.17) is 4.84 Å². The molecule has 1 fully saturated rings. The highest BCUT2D eigenvalue weighted by molar-refractivity contribution is 5.47. The minimum Gasteiger partial charge on any atom is -0.569 e. The van der Waals surface area contributed by atoms with Gasteiger partial charge in [0.25, 0.3) is 0 Å². The van der Waals surface area contributed by atoms with Gasteiger partial charge in [0, 0.05) is 18.7 Å². The van der Waals surface area contributed by atoms with E-state index in [-0.39, 0.29) is 11.6 Å². The molecule has 116 valence electrons. The first-order valence-electron chi connectivity index (χ1n) is 7.25. The van der Waals surface area contributed by atoms with Crippen molar-refractivity contribution >= 4 is 5.69 Å². The van der Waals surface area contributed by atoms with Crippen molar-refractivity contribution < 1.29 is 9.81 Å². The SMILES string of the molecule is CN(/[N+]([O-])=N/O[C@@H]1CCN(c2ccccc2)C1)C(C)(C)C. The molecule has 0 radical (unpaired) electrons. The van der Waals surface area contributed by atoms with Crippen LogP contribution < -0.4 is 4.90 Å². The third-order valence-electron chi connectivity index (χ3n) is 3.76. The van der Waals surface area contributed by atoms with E-state index in [0.29, 0.717) is 4.97 Å². The van der Waals surface area contributed by atoms with Gasteiger partial charge in [0.2, 0.25) is 5.28 Å². The van der Waals surface area contributed by atoms with Crippen LogP contribution in [0.1, 0.15) is 27.2 Å². The van der Waals surface area contributed by atoms with Crippen LogP contribution >= 0.6 is 0 Å². The molecule has 0 spiro atoms. The first-order valence-corrected chi connectivity index (χ1v) is 7.25. The minimum absolute atomic E-state index is 0.0463. The van der Waals surface area contributed by atoms with E-state index in [0.717, 1.165) is 19.5 Å². The Hall–Kier alpha value is -1.98. The fourth-order valence-electron chi connectivity index (χ4n) is 2.11. The summed E-state index contributed by atoms with van der Waals surface area (Å²) in [5.74, 6) is 0. The summed E-state index contributed by atoms with van der Waals surface area (Å²) in [6.07, 6.45) is 0.820. The maximum atomic E-state index is 11.8. The molecular formula is C15H24N4O2. The van der Waals surface area contributed by atoms with E-state index in [1.165, 1.54) is 10.7 Å². The van der Waals surface area contributed by atoms with Crippen molar-refractivity contribution in [3.8, 4) is 0 Å². The highest BCUT2D eigenvalue weighted by Gasteiger charge is 2.27. The number of hydrazine groups is 1. The molecule has 21 heavy (non-hydrogen) atoms. The van der Waals surface area contributed by atoms with Crippen LogP contribution in [-0.2, 0) is 4.84 Å². The predicted molar refractivity (Wildman–Crippen MR) is 81.7 cm³/mol. The summed E-state index contributed by atoms with van der Waals surface area (Å²) >= 11 is 0. The van der Waals surface area contributed by atoms with Crippen molar-refractivity contribution in [3.63, 3.8) is 0 Å². The summed E-state index contributed by atoms with van der Waals surface area (Å²) in [5.41, 5.74) is 0.884. The summed E-state index contributed by atoms with van der Waals surface area (Å²) in [6.45, 7) is 7.50. The van der Waals surface area contributed by atoms with E-state index >= 15 is 0 Å². The number of para-hydroxylation sites is 1. The number of rotatable bonds is 4. The molecule has 0 N–H and O–H groups in total. The Labute approximate surface area is 126 Å². The van der Waals surface area contributed by atoms with Gasteiger partial charge in [0.05, 0.1) is 24.1 Å². The van der Waals surface area contributed by atoms with Crippen molar-refractivity contribution in [2.24, 2.45) is 5.28 Å². The standard InChI is InChI=1S/C15H24N4O2/c1-15(2,3)17(4)19(20)16-21-14-10-11-18(12-14)13-8-6-5-7-9-13/h5-9,14H,10-12H2,1-4H3/b19-16-/t14-/m1/s1. The molecule has 0 saturated carbocycles. The van der Waals surface area contributed by atoms with Gasteiger partial charge < -0.3 is 14.9 Å². The average molecular weight is 292 g/mol. The molecule has 6 nitrogen and oxygen atoms in total. The molecule has 1 atom stereocenters. The fraction of sp³-hybridized carbons (Fsp3) is 0.600. The van der Waals surface area contributed by atoms with Gasteiger partial charge in [-0.05, 0) is 32.9 Å². The highest BCUT2D eigenvalue weighted by atomic mass is 16.7. The molecule has 1 saturated heterocycles. The Morgan fingerprint density at radius 2 is 2.00 bits per heavy atom. The Bertz CT molecular complexity index is 484. The summed E-state index contributed by atoms with van der Waals surface area (Å²) in [7, 11) is 1.70. The van der Waals surface area contributed by atoms with Gasteiger partial charge in [-0.15, -0.1) is 5.01 Å². The topological polar surface area (TPSA) is 54.1 Å². The second-order valence-electron chi connectivity index (χ2n) is 6.33. The molecule has 6 heteroatoms. The number of anilines is 1. The van der Waals surface area contributed by atoms with Crippen molar-refractivity contribution in [2.45, 2.75) is 38.8 Å². The molecular weight excluding hydrogens is 268 g/mol. The van der Waals surface area contributed by atoms with Crippen molar-refractivity contribution in [2.75, 3.05) is 25.0 Å². The number of benzene rings is 1. The van der Waals surface area contributed by atoms with E-state index in [9.17, 15) is 5.21 Å². The van der Waals surface area contributed by atoms with Crippen molar-refractivity contribution in [1.82, 2.24) is 5.01 Å². The van der Waals surface area contributed by atoms with Crippen LogP contribution in [0.3, 0.4) is 0 Å². The lowest BCUT2D eigenvalue weighted by molar-refractivity contribution is -0.720. The zero-order chi connectivity index (χ0) is 15.5. The Morgan fingerprint density at radius 1 is 1.33 bits per heavy atom. The molecule has 1 aliphatic heterocycles.